The molecule has 0 spiro atoms. The molecule has 1 atom stereocenters. The third-order valence-electron chi connectivity index (χ3n) is 7.83. The Morgan fingerprint density at radius 2 is 1.56 bits per heavy atom. The molecule has 0 amide bonds. The summed E-state index contributed by atoms with van der Waals surface area (Å²) in [5.74, 6) is 0.703. The standard InChI is InChI=1S/C31H33N7O/c1-22-13-14-23(2)28-26(22)21-27(31(39)32-28)29(37-19-17-36(18-20-37)25-11-7-4-8-12-25)30-33-34-35-38(30)16-15-24-9-5-3-6-10-24/h3-14,21,29H,15-20H2,1-2H3,(H,32,39)/t29-/m1/s1. The first-order valence-corrected chi connectivity index (χ1v) is 13.6. The van der Waals surface area contributed by atoms with Crippen molar-refractivity contribution in [1.29, 1.82) is 0 Å². The van der Waals surface area contributed by atoms with Crippen LogP contribution in [0.2, 0.25) is 0 Å². The van der Waals surface area contributed by atoms with Gasteiger partial charge in [0.15, 0.2) is 5.82 Å². The summed E-state index contributed by atoms with van der Waals surface area (Å²) in [5, 5.41) is 14.0. The van der Waals surface area contributed by atoms with Crippen LogP contribution in [-0.4, -0.2) is 56.3 Å². The Morgan fingerprint density at radius 1 is 0.872 bits per heavy atom. The van der Waals surface area contributed by atoms with Crippen LogP contribution in [0.4, 0.5) is 5.69 Å². The number of rotatable bonds is 7. The molecule has 3 heterocycles. The topological polar surface area (TPSA) is 82.9 Å². The second-order valence-electron chi connectivity index (χ2n) is 10.3. The van der Waals surface area contributed by atoms with E-state index in [4.69, 9.17) is 0 Å². The number of hydrogen-bond acceptors (Lipinski definition) is 6. The van der Waals surface area contributed by atoms with Crippen molar-refractivity contribution < 1.29 is 0 Å². The van der Waals surface area contributed by atoms with Gasteiger partial charge >= 0.3 is 0 Å². The van der Waals surface area contributed by atoms with Crippen molar-refractivity contribution in [3.63, 3.8) is 0 Å². The fraction of sp³-hybridized carbons (Fsp3) is 0.290. The van der Waals surface area contributed by atoms with Gasteiger partial charge in [0, 0.05) is 49.4 Å². The summed E-state index contributed by atoms with van der Waals surface area (Å²) in [6.07, 6.45) is 0.805. The number of benzene rings is 3. The van der Waals surface area contributed by atoms with Crippen LogP contribution in [0.1, 0.15) is 34.1 Å². The second kappa shape index (κ2) is 10.8. The monoisotopic (exact) mass is 519 g/mol. The zero-order valence-electron chi connectivity index (χ0n) is 22.4. The molecule has 1 saturated heterocycles. The Kier molecular flexibility index (Phi) is 6.94. The van der Waals surface area contributed by atoms with E-state index in [2.05, 4.69) is 91.8 Å². The van der Waals surface area contributed by atoms with Gasteiger partial charge in [-0.1, -0.05) is 60.7 Å². The smallest absolute Gasteiger partial charge is 0.253 e. The Balaban J connectivity index is 1.38. The lowest BCUT2D eigenvalue weighted by Gasteiger charge is -2.39. The number of H-pyrrole nitrogens is 1. The van der Waals surface area contributed by atoms with Crippen molar-refractivity contribution >= 4 is 16.6 Å². The number of nitrogens with zero attached hydrogens (tertiary/aromatic N) is 6. The highest BCUT2D eigenvalue weighted by molar-refractivity contribution is 5.85. The summed E-state index contributed by atoms with van der Waals surface area (Å²) < 4.78 is 1.87. The second-order valence-corrected chi connectivity index (χ2v) is 10.3. The number of hydrogen-bond donors (Lipinski definition) is 1. The van der Waals surface area contributed by atoms with Crippen LogP contribution in [-0.2, 0) is 13.0 Å². The summed E-state index contributed by atoms with van der Waals surface area (Å²) in [6, 6.07) is 26.7. The number of fused-ring (bicyclic) bond motifs is 1. The van der Waals surface area contributed by atoms with Crippen LogP contribution >= 0.6 is 0 Å². The molecule has 1 fully saturated rings. The van der Waals surface area contributed by atoms with Crippen molar-refractivity contribution in [3.05, 3.63) is 117 Å². The largest absolute Gasteiger partial charge is 0.369 e. The molecule has 3 aromatic carbocycles. The normalized spacial score (nSPS) is 15.1. The van der Waals surface area contributed by atoms with Crippen LogP contribution in [0, 0.1) is 13.8 Å². The molecule has 8 nitrogen and oxygen atoms in total. The van der Waals surface area contributed by atoms with Gasteiger partial charge in [0.2, 0.25) is 0 Å². The highest BCUT2D eigenvalue weighted by Crippen LogP contribution is 2.30. The first-order chi connectivity index (χ1) is 19.1. The summed E-state index contributed by atoms with van der Waals surface area (Å²) in [6.45, 7) is 8.04. The van der Waals surface area contributed by atoms with Crippen LogP contribution in [0.15, 0.2) is 83.7 Å². The lowest BCUT2D eigenvalue weighted by atomic mass is 9.99. The maximum atomic E-state index is 13.7. The van der Waals surface area contributed by atoms with E-state index in [0.717, 1.165) is 54.6 Å². The number of pyridine rings is 1. The summed E-state index contributed by atoms with van der Waals surface area (Å²) in [5.41, 5.74) is 6.10. The molecular formula is C31H33N7O. The van der Waals surface area contributed by atoms with Gasteiger partial charge < -0.3 is 9.88 Å². The molecule has 0 saturated carbocycles. The van der Waals surface area contributed by atoms with Crippen molar-refractivity contribution in [3.8, 4) is 0 Å². The average molecular weight is 520 g/mol. The number of anilines is 1. The van der Waals surface area contributed by atoms with E-state index >= 15 is 0 Å². The zero-order chi connectivity index (χ0) is 26.8. The molecule has 1 aliphatic rings. The van der Waals surface area contributed by atoms with Gasteiger partial charge in [0.25, 0.3) is 5.56 Å². The first kappa shape index (κ1) is 25.0. The molecule has 39 heavy (non-hydrogen) atoms. The maximum absolute atomic E-state index is 13.7. The van der Waals surface area contributed by atoms with Crippen molar-refractivity contribution in [1.82, 2.24) is 30.1 Å². The maximum Gasteiger partial charge on any atom is 0.253 e. The molecular weight excluding hydrogens is 486 g/mol. The lowest BCUT2D eigenvalue weighted by molar-refractivity contribution is 0.199. The van der Waals surface area contributed by atoms with Crippen molar-refractivity contribution in [2.45, 2.75) is 32.9 Å². The molecule has 2 aromatic heterocycles. The third kappa shape index (κ3) is 5.07. The summed E-state index contributed by atoms with van der Waals surface area (Å²) in [4.78, 5) is 21.6. The number of piperazine rings is 1. The van der Waals surface area contributed by atoms with E-state index in [1.807, 2.05) is 35.9 Å². The minimum atomic E-state index is -0.359. The molecule has 0 aliphatic carbocycles. The van der Waals surface area contributed by atoms with E-state index < -0.39 is 0 Å². The van der Waals surface area contributed by atoms with E-state index in [1.54, 1.807) is 0 Å². The van der Waals surface area contributed by atoms with Gasteiger partial charge in [0.05, 0.1) is 5.52 Å². The predicted octanol–water partition coefficient (Wildman–Crippen LogP) is 4.29. The van der Waals surface area contributed by atoms with Gasteiger partial charge in [-0.05, 0) is 65.6 Å². The fourth-order valence-electron chi connectivity index (χ4n) is 5.62. The molecule has 6 rings (SSSR count). The number of tetrazole rings is 1. The highest BCUT2D eigenvalue weighted by atomic mass is 16.1. The van der Waals surface area contributed by atoms with Gasteiger partial charge in [-0.2, -0.15) is 0 Å². The predicted molar refractivity (Wildman–Crippen MR) is 154 cm³/mol. The van der Waals surface area contributed by atoms with Gasteiger partial charge in [-0.25, -0.2) is 4.68 Å². The SMILES string of the molecule is Cc1ccc(C)c2[nH]c(=O)c([C@H](c3nnnn3CCc3ccccc3)N3CCN(c4ccccc4)CC3)cc12. The molecule has 1 N–H and O–H groups in total. The average Bonchev–Trinajstić information content (AvgIpc) is 3.44. The molecule has 198 valence electrons. The van der Waals surface area contributed by atoms with Gasteiger partial charge in [0.1, 0.15) is 6.04 Å². The van der Waals surface area contributed by atoms with E-state index in [9.17, 15) is 4.79 Å². The number of aromatic amines is 1. The van der Waals surface area contributed by atoms with Gasteiger partial charge in [-0.3, -0.25) is 9.69 Å². The molecule has 8 heteroatoms. The Labute approximate surface area is 227 Å². The molecule has 0 radical (unpaired) electrons. The lowest BCUT2D eigenvalue weighted by Crippen LogP contribution is -2.49. The van der Waals surface area contributed by atoms with E-state index in [-0.39, 0.29) is 11.6 Å². The minimum Gasteiger partial charge on any atom is -0.369 e. The molecule has 1 aliphatic heterocycles. The number of aryl methyl sites for hydroxylation is 4. The zero-order valence-corrected chi connectivity index (χ0v) is 22.4. The molecule has 5 aromatic rings. The quantitative estimate of drug-likeness (QED) is 0.346. The van der Waals surface area contributed by atoms with E-state index in [1.165, 1.54) is 11.3 Å². The van der Waals surface area contributed by atoms with E-state index in [0.29, 0.717) is 17.9 Å². The summed E-state index contributed by atoms with van der Waals surface area (Å²) >= 11 is 0. The van der Waals surface area contributed by atoms with Crippen LogP contribution in [0.25, 0.3) is 10.9 Å². The number of para-hydroxylation sites is 1. The first-order valence-electron chi connectivity index (χ1n) is 13.6. The third-order valence-corrected chi connectivity index (χ3v) is 7.83. The fourth-order valence-corrected chi connectivity index (χ4v) is 5.62. The van der Waals surface area contributed by atoms with Crippen LogP contribution < -0.4 is 10.5 Å². The van der Waals surface area contributed by atoms with Crippen LogP contribution in [0.5, 0.6) is 0 Å². The Bertz CT molecular complexity index is 1620. The molecule has 0 unspecified atom stereocenters. The number of aromatic nitrogens is 5. The van der Waals surface area contributed by atoms with Crippen molar-refractivity contribution in [2.75, 3.05) is 31.1 Å². The van der Waals surface area contributed by atoms with Gasteiger partial charge in [-0.15, -0.1) is 5.10 Å². The number of nitrogens with one attached hydrogen (secondary N) is 1. The van der Waals surface area contributed by atoms with Crippen LogP contribution in [0.3, 0.4) is 0 Å². The Hall–Kier alpha value is -4.30. The Morgan fingerprint density at radius 3 is 2.31 bits per heavy atom. The highest BCUT2D eigenvalue weighted by Gasteiger charge is 2.33. The summed E-state index contributed by atoms with van der Waals surface area (Å²) in [7, 11) is 0. The molecule has 0 bridgehead atoms. The van der Waals surface area contributed by atoms with Crippen molar-refractivity contribution in [2.24, 2.45) is 0 Å². The minimum absolute atomic E-state index is 0.0932.